The van der Waals surface area contributed by atoms with Gasteiger partial charge in [-0.15, -0.1) is 0 Å². The van der Waals surface area contributed by atoms with Crippen LogP contribution < -0.4 is 10.6 Å². The van der Waals surface area contributed by atoms with Gasteiger partial charge in [-0.3, -0.25) is 9.48 Å². The molecule has 1 aliphatic rings. The maximum atomic E-state index is 12.0. The third kappa shape index (κ3) is 2.48. The average molecular weight is 238 g/mol. The van der Waals surface area contributed by atoms with Gasteiger partial charge in [0.2, 0.25) is 0 Å². The van der Waals surface area contributed by atoms with E-state index in [1.54, 1.807) is 24.9 Å². The highest BCUT2D eigenvalue weighted by Crippen LogP contribution is 2.07. The molecular weight excluding hydrogens is 220 g/mol. The van der Waals surface area contributed by atoms with Crippen molar-refractivity contribution in [1.82, 2.24) is 20.4 Å². The van der Waals surface area contributed by atoms with Gasteiger partial charge in [0.15, 0.2) is 0 Å². The first-order valence-electron chi connectivity index (χ1n) is 5.67. The monoisotopic (exact) mass is 238 g/mol. The number of nitrogens with one attached hydrogen (secondary N) is 2. The van der Waals surface area contributed by atoms with E-state index in [2.05, 4.69) is 15.7 Å². The Labute approximate surface area is 100 Å². The predicted octanol–water partition coefficient (Wildman–Crippen LogP) is -0.555. The molecule has 1 aromatic heterocycles. The zero-order chi connectivity index (χ0) is 12.4. The van der Waals surface area contributed by atoms with Gasteiger partial charge in [0.05, 0.1) is 17.8 Å². The summed E-state index contributed by atoms with van der Waals surface area (Å²) in [6.07, 6.45) is 0.0354. The lowest BCUT2D eigenvalue weighted by Gasteiger charge is -2.18. The molecule has 0 spiro atoms. The first-order chi connectivity index (χ1) is 8.11. The number of aryl methyl sites for hydroxylation is 2. The molecule has 0 aromatic carbocycles. The van der Waals surface area contributed by atoms with Gasteiger partial charge < -0.3 is 15.4 Å². The predicted molar refractivity (Wildman–Crippen MR) is 62.9 cm³/mol. The summed E-state index contributed by atoms with van der Waals surface area (Å²) >= 11 is 0. The van der Waals surface area contributed by atoms with Crippen LogP contribution in [0.15, 0.2) is 6.07 Å². The molecule has 17 heavy (non-hydrogen) atoms. The first-order valence-corrected chi connectivity index (χ1v) is 5.67. The van der Waals surface area contributed by atoms with E-state index >= 15 is 0 Å². The van der Waals surface area contributed by atoms with E-state index in [0.29, 0.717) is 5.69 Å². The molecule has 2 heterocycles. The van der Waals surface area contributed by atoms with Gasteiger partial charge in [-0.25, -0.2) is 0 Å². The quantitative estimate of drug-likeness (QED) is 0.741. The van der Waals surface area contributed by atoms with Gasteiger partial charge in [0, 0.05) is 27.2 Å². The topological polar surface area (TPSA) is 68.2 Å². The zero-order valence-corrected chi connectivity index (χ0v) is 10.4. The zero-order valence-electron chi connectivity index (χ0n) is 10.4. The van der Waals surface area contributed by atoms with Gasteiger partial charge in [-0.2, -0.15) is 5.10 Å². The third-order valence-electron chi connectivity index (χ3n) is 3.01. The van der Waals surface area contributed by atoms with Gasteiger partial charge in [0.1, 0.15) is 5.69 Å². The molecule has 1 fully saturated rings. The average Bonchev–Trinajstić information content (AvgIpc) is 2.84. The standard InChI is InChI=1S/C11H18N4O2/c1-7-4-9(15(2)14-7)11(16)13-8-5-12-6-10(8)17-3/h4,8,10,12H,5-6H2,1-3H3,(H,13,16)/t8?,10-/m0/s1. The van der Waals surface area contributed by atoms with Crippen LogP contribution in [-0.2, 0) is 11.8 Å². The Morgan fingerprint density at radius 1 is 1.65 bits per heavy atom. The molecule has 6 nitrogen and oxygen atoms in total. The largest absolute Gasteiger partial charge is 0.378 e. The van der Waals surface area contributed by atoms with Crippen molar-refractivity contribution in [2.45, 2.75) is 19.1 Å². The summed E-state index contributed by atoms with van der Waals surface area (Å²) in [5.41, 5.74) is 1.41. The molecule has 0 aliphatic carbocycles. The second kappa shape index (κ2) is 4.85. The molecule has 0 saturated carbocycles. The Morgan fingerprint density at radius 3 is 3.00 bits per heavy atom. The van der Waals surface area contributed by atoms with Crippen molar-refractivity contribution in [3.8, 4) is 0 Å². The number of aromatic nitrogens is 2. The van der Waals surface area contributed by atoms with E-state index in [4.69, 9.17) is 4.74 Å². The number of carbonyl (C=O) groups excluding carboxylic acids is 1. The van der Waals surface area contributed by atoms with Crippen LogP contribution in [0.5, 0.6) is 0 Å². The molecule has 1 amide bonds. The number of hydrogen-bond acceptors (Lipinski definition) is 4. The number of ether oxygens (including phenoxy) is 1. The number of carbonyl (C=O) groups is 1. The molecule has 1 aromatic rings. The molecule has 0 bridgehead atoms. The molecule has 2 N–H and O–H groups in total. The van der Waals surface area contributed by atoms with Crippen LogP contribution in [0, 0.1) is 6.92 Å². The first kappa shape index (κ1) is 12.1. The summed E-state index contributed by atoms with van der Waals surface area (Å²) in [6, 6.07) is 1.79. The van der Waals surface area contributed by atoms with Crippen LogP contribution in [-0.4, -0.2) is 48.0 Å². The summed E-state index contributed by atoms with van der Waals surface area (Å²) in [5, 5.41) is 10.3. The maximum absolute atomic E-state index is 12.0. The van der Waals surface area contributed by atoms with Crippen LogP contribution in [0.3, 0.4) is 0 Å². The fraction of sp³-hybridized carbons (Fsp3) is 0.636. The Balaban J connectivity index is 2.04. The van der Waals surface area contributed by atoms with Gasteiger partial charge in [0.25, 0.3) is 5.91 Å². The van der Waals surface area contributed by atoms with Crippen molar-refractivity contribution in [2.24, 2.45) is 7.05 Å². The molecule has 2 atom stereocenters. The van der Waals surface area contributed by atoms with Crippen molar-refractivity contribution < 1.29 is 9.53 Å². The lowest BCUT2D eigenvalue weighted by molar-refractivity contribution is 0.0773. The number of hydrogen-bond donors (Lipinski definition) is 2. The van der Waals surface area contributed by atoms with E-state index in [9.17, 15) is 4.79 Å². The summed E-state index contributed by atoms with van der Waals surface area (Å²) in [7, 11) is 3.42. The van der Waals surface area contributed by atoms with E-state index < -0.39 is 0 Å². The highest BCUT2D eigenvalue weighted by molar-refractivity contribution is 5.92. The third-order valence-corrected chi connectivity index (χ3v) is 3.01. The Morgan fingerprint density at radius 2 is 2.41 bits per heavy atom. The minimum Gasteiger partial charge on any atom is -0.378 e. The van der Waals surface area contributed by atoms with Gasteiger partial charge >= 0.3 is 0 Å². The number of methoxy groups -OCH3 is 1. The smallest absolute Gasteiger partial charge is 0.269 e. The molecular formula is C11H18N4O2. The highest BCUT2D eigenvalue weighted by Gasteiger charge is 2.29. The van der Waals surface area contributed by atoms with Gasteiger partial charge in [-0.05, 0) is 13.0 Å². The number of rotatable bonds is 3. The van der Waals surface area contributed by atoms with E-state index in [-0.39, 0.29) is 18.1 Å². The van der Waals surface area contributed by atoms with Crippen molar-refractivity contribution in [3.63, 3.8) is 0 Å². The molecule has 2 rings (SSSR count). The normalized spacial score (nSPS) is 23.9. The maximum Gasteiger partial charge on any atom is 0.269 e. The summed E-state index contributed by atoms with van der Waals surface area (Å²) < 4.78 is 6.89. The van der Waals surface area contributed by atoms with Crippen LogP contribution >= 0.6 is 0 Å². The summed E-state index contributed by atoms with van der Waals surface area (Å²) in [5.74, 6) is -0.108. The van der Waals surface area contributed by atoms with Crippen molar-refractivity contribution in [1.29, 1.82) is 0 Å². The Bertz CT molecular complexity index is 416. The van der Waals surface area contributed by atoms with Crippen LogP contribution in [0.25, 0.3) is 0 Å². The SMILES string of the molecule is CO[C@H]1CNCC1NC(=O)c1cc(C)nn1C. The highest BCUT2D eigenvalue weighted by atomic mass is 16.5. The van der Waals surface area contributed by atoms with E-state index in [0.717, 1.165) is 18.8 Å². The Hall–Kier alpha value is -1.40. The van der Waals surface area contributed by atoms with Crippen LogP contribution in [0.4, 0.5) is 0 Å². The van der Waals surface area contributed by atoms with Crippen molar-refractivity contribution in [2.75, 3.05) is 20.2 Å². The lowest BCUT2D eigenvalue weighted by Crippen LogP contribution is -2.44. The lowest BCUT2D eigenvalue weighted by atomic mass is 10.2. The molecule has 0 radical (unpaired) electrons. The molecule has 94 valence electrons. The molecule has 6 heteroatoms. The number of amides is 1. The van der Waals surface area contributed by atoms with Gasteiger partial charge in [-0.1, -0.05) is 0 Å². The number of nitrogens with zero attached hydrogens (tertiary/aromatic N) is 2. The minimum atomic E-state index is -0.108. The molecule has 1 unspecified atom stereocenters. The second-order valence-electron chi connectivity index (χ2n) is 4.31. The summed E-state index contributed by atoms with van der Waals surface area (Å²) in [4.78, 5) is 12.0. The Kier molecular flexibility index (Phi) is 3.44. The fourth-order valence-electron chi connectivity index (χ4n) is 2.11. The minimum absolute atomic E-state index is 0.0164. The van der Waals surface area contributed by atoms with Crippen LogP contribution in [0.2, 0.25) is 0 Å². The molecule has 1 aliphatic heterocycles. The fourth-order valence-corrected chi connectivity index (χ4v) is 2.11. The van der Waals surface area contributed by atoms with Crippen molar-refractivity contribution >= 4 is 5.91 Å². The van der Waals surface area contributed by atoms with Crippen LogP contribution in [0.1, 0.15) is 16.2 Å². The summed E-state index contributed by atoms with van der Waals surface area (Å²) in [6.45, 7) is 3.37. The van der Waals surface area contributed by atoms with E-state index in [1.807, 2.05) is 6.92 Å². The van der Waals surface area contributed by atoms with E-state index in [1.165, 1.54) is 0 Å². The second-order valence-corrected chi connectivity index (χ2v) is 4.31. The van der Waals surface area contributed by atoms with Crippen molar-refractivity contribution in [3.05, 3.63) is 17.5 Å². The molecule has 1 saturated heterocycles.